The van der Waals surface area contributed by atoms with Gasteiger partial charge in [-0.15, -0.1) is 0 Å². The third-order valence-corrected chi connectivity index (χ3v) is 1.84. The fourth-order valence-corrected chi connectivity index (χ4v) is 1.18. The van der Waals surface area contributed by atoms with Gasteiger partial charge in [0.1, 0.15) is 11.6 Å². The van der Waals surface area contributed by atoms with E-state index in [2.05, 4.69) is 5.10 Å². The lowest BCUT2D eigenvalue weighted by Crippen LogP contribution is -2.32. The predicted octanol–water partition coefficient (Wildman–Crippen LogP) is 0.762. The predicted molar refractivity (Wildman–Crippen MR) is 56.0 cm³/mol. The first-order valence-electron chi connectivity index (χ1n) is 4.77. The summed E-state index contributed by atoms with van der Waals surface area (Å²) in [7, 11) is 1.74. The number of rotatable bonds is 2. The van der Waals surface area contributed by atoms with Gasteiger partial charge in [0.2, 0.25) is 0 Å². The lowest BCUT2D eigenvalue weighted by molar-refractivity contribution is -0.156. The van der Waals surface area contributed by atoms with Gasteiger partial charge in [0.15, 0.2) is 0 Å². The summed E-state index contributed by atoms with van der Waals surface area (Å²) < 4.78 is 6.74. The number of esters is 1. The second-order valence-electron chi connectivity index (χ2n) is 4.39. The molecule has 84 valence electrons. The molecule has 0 aliphatic rings. The minimum Gasteiger partial charge on any atom is -0.459 e. The Morgan fingerprint density at radius 3 is 2.60 bits per heavy atom. The highest BCUT2D eigenvalue weighted by Crippen LogP contribution is 2.15. The highest BCUT2D eigenvalue weighted by Gasteiger charge is 2.25. The Balaban J connectivity index is 2.74. The third-order valence-electron chi connectivity index (χ3n) is 1.84. The molecule has 0 radical (unpaired) electrons. The van der Waals surface area contributed by atoms with E-state index in [0.29, 0.717) is 5.69 Å². The molecule has 0 bridgehead atoms. The summed E-state index contributed by atoms with van der Waals surface area (Å²) >= 11 is 0. The number of ether oxygens (including phenoxy) is 1. The second-order valence-corrected chi connectivity index (χ2v) is 4.39. The van der Waals surface area contributed by atoms with Crippen molar-refractivity contribution in [2.45, 2.75) is 32.4 Å². The van der Waals surface area contributed by atoms with Gasteiger partial charge in [0, 0.05) is 13.2 Å². The Bertz CT molecular complexity index is 352. The molecule has 0 amide bonds. The molecular weight excluding hydrogens is 194 g/mol. The molecule has 5 nitrogen and oxygen atoms in total. The van der Waals surface area contributed by atoms with Crippen LogP contribution in [0.5, 0.6) is 0 Å². The molecule has 0 spiro atoms. The van der Waals surface area contributed by atoms with Crippen LogP contribution >= 0.6 is 0 Å². The minimum atomic E-state index is -0.781. The number of hydrogen-bond acceptors (Lipinski definition) is 4. The Kier molecular flexibility index (Phi) is 3.14. The Morgan fingerprint density at radius 2 is 2.20 bits per heavy atom. The summed E-state index contributed by atoms with van der Waals surface area (Å²) in [4.78, 5) is 11.6. The van der Waals surface area contributed by atoms with Crippen LogP contribution in [0.25, 0.3) is 0 Å². The van der Waals surface area contributed by atoms with Crippen molar-refractivity contribution in [3.8, 4) is 0 Å². The number of nitrogens with two attached hydrogens (primary N) is 1. The average molecular weight is 211 g/mol. The monoisotopic (exact) mass is 211 g/mol. The average Bonchev–Trinajstić information content (AvgIpc) is 2.47. The molecule has 1 heterocycles. The van der Waals surface area contributed by atoms with E-state index in [1.165, 1.54) is 0 Å². The largest absolute Gasteiger partial charge is 0.459 e. The summed E-state index contributed by atoms with van der Waals surface area (Å²) in [6.45, 7) is 5.42. The van der Waals surface area contributed by atoms with E-state index in [0.717, 1.165) is 0 Å². The van der Waals surface area contributed by atoms with E-state index < -0.39 is 17.6 Å². The molecule has 0 fully saturated rings. The van der Waals surface area contributed by atoms with Crippen LogP contribution in [0.2, 0.25) is 0 Å². The van der Waals surface area contributed by atoms with Crippen molar-refractivity contribution >= 4 is 5.97 Å². The van der Waals surface area contributed by atoms with Gasteiger partial charge in [-0.3, -0.25) is 4.68 Å². The molecule has 15 heavy (non-hydrogen) atoms. The lowest BCUT2D eigenvalue weighted by atomic mass is 10.1. The number of aryl methyl sites for hydroxylation is 1. The lowest BCUT2D eigenvalue weighted by Gasteiger charge is -2.22. The zero-order valence-corrected chi connectivity index (χ0v) is 9.52. The molecule has 0 saturated heterocycles. The summed E-state index contributed by atoms with van der Waals surface area (Å²) in [6, 6.07) is 0.922. The topological polar surface area (TPSA) is 70.1 Å². The molecule has 2 N–H and O–H groups in total. The van der Waals surface area contributed by atoms with Crippen molar-refractivity contribution in [2.75, 3.05) is 0 Å². The Labute approximate surface area is 89.2 Å². The van der Waals surface area contributed by atoms with Gasteiger partial charge in [-0.1, -0.05) is 0 Å². The molecule has 1 unspecified atom stereocenters. The van der Waals surface area contributed by atoms with Crippen LogP contribution in [-0.2, 0) is 16.6 Å². The summed E-state index contributed by atoms with van der Waals surface area (Å²) in [5.74, 6) is -0.439. The van der Waals surface area contributed by atoms with Gasteiger partial charge in [0.25, 0.3) is 0 Å². The summed E-state index contributed by atoms with van der Waals surface area (Å²) in [6.07, 6.45) is 1.60. The number of nitrogens with zero attached hydrogens (tertiary/aromatic N) is 2. The van der Waals surface area contributed by atoms with Gasteiger partial charge >= 0.3 is 5.97 Å². The van der Waals surface area contributed by atoms with E-state index in [-0.39, 0.29) is 0 Å². The van der Waals surface area contributed by atoms with Crippen LogP contribution < -0.4 is 5.73 Å². The zero-order valence-electron chi connectivity index (χ0n) is 9.52. The molecule has 1 rings (SSSR count). The molecule has 0 aliphatic heterocycles. The van der Waals surface area contributed by atoms with Crippen LogP contribution in [-0.4, -0.2) is 21.4 Å². The van der Waals surface area contributed by atoms with E-state index in [4.69, 9.17) is 10.5 Å². The fraction of sp³-hybridized carbons (Fsp3) is 0.600. The fourth-order valence-electron chi connectivity index (χ4n) is 1.18. The van der Waals surface area contributed by atoms with Crippen molar-refractivity contribution in [1.29, 1.82) is 0 Å². The molecule has 0 saturated carbocycles. The maximum Gasteiger partial charge on any atom is 0.329 e. The highest BCUT2D eigenvalue weighted by molar-refractivity contribution is 5.77. The summed E-state index contributed by atoms with van der Waals surface area (Å²) in [5.41, 5.74) is 5.88. The molecule has 1 aromatic rings. The van der Waals surface area contributed by atoms with Gasteiger partial charge in [-0.2, -0.15) is 5.10 Å². The van der Waals surface area contributed by atoms with Crippen molar-refractivity contribution in [1.82, 2.24) is 9.78 Å². The molecule has 1 aromatic heterocycles. The van der Waals surface area contributed by atoms with E-state index in [9.17, 15) is 4.79 Å². The minimum absolute atomic E-state index is 0.439. The normalized spacial score (nSPS) is 13.7. The molecule has 1 atom stereocenters. The quantitative estimate of drug-likeness (QED) is 0.733. The third kappa shape index (κ3) is 3.06. The standard InChI is InChI=1S/C10H17N3O2/c1-10(2,3)15-9(14)8(11)7-5-6-12-13(7)4/h5-6,8H,11H2,1-4H3. The number of aromatic nitrogens is 2. The van der Waals surface area contributed by atoms with E-state index in [1.54, 1.807) is 44.8 Å². The first-order chi connectivity index (χ1) is 6.81. The summed E-state index contributed by atoms with van der Waals surface area (Å²) in [5, 5.41) is 3.95. The maximum atomic E-state index is 11.6. The Morgan fingerprint density at radius 1 is 1.60 bits per heavy atom. The van der Waals surface area contributed by atoms with Crippen LogP contribution in [0.3, 0.4) is 0 Å². The van der Waals surface area contributed by atoms with Crippen LogP contribution in [0.4, 0.5) is 0 Å². The number of carbonyl (C=O) groups is 1. The van der Waals surface area contributed by atoms with Crippen molar-refractivity contribution in [3.05, 3.63) is 18.0 Å². The number of hydrogen-bond donors (Lipinski definition) is 1. The van der Waals surface area contributed by atoms with Crippen molar-refractivity contribution in [2.24, 2.45) is 12.8 Å². The van der Waals surface area contributed by atoms with Gasteiger partial charge in [-0.25, -0.2) is 4.79 Å². The Hall–Kier alpha value is -1.36. The zero-order chi connectivity index (χ0) is 11.6. The molecule has 0 aromatic carbocycles. The SMILES string of the molecule is Cn1nccc1C(N)C(=O)OC(C)(C)C. The van der Waals surface area contributed by atoms with Crippen LogP contribution in [0.1, 0.15) is 32.5 Å². The highest BCUT2D eigenvalue weighted by atomic mass is 16.6. The van der Waals surface area contributed by atoms with E-state index in [1.807, 2.05) is 0 Å². The van der Waals surface area contributed by atoms with E-state index >= 15 is 0 Å². The van der Waals surface area contributed by atoms with Crippen LogP contribution in [0, 0.1) is 0 Å². The van der Waals surface area contributed by atoms with Crippen molar-refractivity contribution in [3.63, 3.8) is 0 Å². The smallest absolute Gasteiger partial charge is 0.329 e. The molecule has 0 aliphatic carbocycles. The molecular formula is C10H17N3O2. The number of carbonyl (C=O) groups excluding carboxylic acids is 1. The van der Waals surface area contributed by atoms with Crippen LogP contribution in [0.15, 0.2) is 12.3 Å². The first-order valence-corrected chi connectivity index (χ1v) is 4.77. The maximum absolute atomic E-state index is 11.6. The van der Waals surface area contributed by atoms with Gasteiger partial charge < -0.3 is 10.5 Å². The van der Waals surface area contributed by atoms with Gasteiger partial charge in [0.05, 0.1) is 5.69 Å². The van der Waals surface area contributed by atoms with Gasteiger partial charge in [-0.05, 0) is 26.8 Å². The first kappa shape index (κ1) is 11.7. The second kappa shape index (κ2) is 4.02. The van der Waals surface area contributed by atoms with Crippen molar-refractivity contribution < 1.29 is 9.53 Å². The molecule has 5 heteroatoms.